The number of nitrogens with zero attached hydrogens (tertiary/aromatic N) is 5. The van der Waals surface area contributed by atoms with Crippen LogP contribution in [0, 0.1) is 0 Å². The summed E-state index contributed by atoms with van der Waals surface area (Å²) < 4.78 is 0. The molecule has 3 aromatic rings. The number of pyridine rings is 2. The highest BCUT2D eigenvalue weighted by atomic mass is 16.1. The second kappa shape index (κ2) is 8.67. The Morgan fingerprint density at radius 3 is 2.39 bits per heavy atom. The number of amides is 1. The summed E-state index contributed by atoms with van der Waals surface area (Å²) in [5.41, 5.74) is 2.77. The van der Waals surface area contributed by atoms with Crippen molar-refractivity contribution in [3.05, 3.63) is 72.4 Å². The Morgan fingerprint density at radius 2 is 1.75 bits per heavy atom. The third kappa shape index (κ3) is 4.75. The number of nitrogens with one attached hydrogen (secondary N) is 1. The molecule has 3 aromatic heterocycles. The molecule has 1 amide bonds. The Bertz CT molecular complexity index is 901. The quantitative estimate of drug-likeness (QED) is 0.683. The van der Waals surface area contributed by atoms with Crippen molar-refractivity contribution in [1.82, 2.24) is 30.2 Å². The van der Waals surface area contributed by atoms with Gasteiger partial charge in [0.25, 0.3) is 0 Å². The van der Waals surface area contributed by atoms with Crippen LogP contribution in [-0.4, -0.2) is 43.3 Å². The highest BCUT2D eigenvalue weighted by Crippen LogP contribution is 2.15. The lowest BCUT2D eigenvalue weighted by molar-refractivity contribution is -0.119. The Morgan fingerprint density at radius 1 is 0.964 bits per heavy atom. The third-order valence-electron chi connectivity index (χ3n) is 4.68. The van der Waals surface area contributed by atoms with Gasteiger partial charge in [-0.15, -0.1) is 0 Å². The summed E-state index contributed by atoms with van der Waals surface area (Å²) in [5, 5.41) is 3.05. The fraction of sp³-hybridized carbons (Fsp3) is 0.286. The van der Waals surface area contributed by atoms with Gasteiger partial charge in [0.1, 0.15) is 5.69 Å². The number of carbonyl (C=O) groups excluding carboxylic acids is 1. The van der Waals surface area contributed by atoms with Gasteiger partial charge in [0.05, 0.1) is 5.69 Å². The van der Waals surface area contributed by atoms with Crippen LogP contribution in [0.15, 0.2) is 61.2 Å². The van der Waals surface area contributed by atoms with Crippen molar-refractivity contribution in [2.45, 2.75) is 32.0 Å². The highest BCUT2D eigenvalue weighted by molar-refractivity contribution is 5.78. The van der Waals surface area contributed by atoms with Crippen molar-refractivity contribution in [2.75, 3.05) is 6.54 Å². The molecule has 4 heterocycles. The molecule has 0 saturated carbocycles. The molecule has 0 aliphatic carbocycles. The molecule has 4 rings (SSSR count). The molecule has 7 heteroatoms. The maximum Gasteiger partial charge on any atom is 0.220 e. The molecule has 0 aromatic carbocycles. The van der Waals surface area contributed by atoms with E-state index in [4.69, 9.17) is 0 Å². The summed E-state index contributed by atoms with van der Waals surface area (Å²) in [6.07, 6.45) is 8.69. The van der Waals surface area contributed by atoms with Crippen LogP contribution >= 0.6 is 0 Å². The summed E-state index contributed by atoms with van der Waals surface area (Å²) in [6, 6.07) is 11.8. The minimum Gasteiger partial charge on any atom is -0.352 e. The Hall–Kier alpha value is -3.19. The van der Waals surface area contributed by atoms with Gasteiger partial charge in [0.15, 0.2) is 5.82 Å². The largest absolute Gasteiger partial charge is 0.352 e. The van der Waals surface area contributed by atoms with Gasteiger partial charge in [-0.3, -0.25) is 19.7 Å². The van der Waals surface area contributed by atoms with Crippen LogP contribution in [0.1, 0.15) is 24.1 Å². The fourth-order valence-corrected chi connectivity index (χ4v) is 3.35. The molecule has 1 saturated heterocycles. The van der Waals surface area contributed by atoms with E-state index in [9.17, 15) is 4.79 Å². The van der Waals surface area contributed by atoms with E-state index in [1.807, 2.05) is 48.8 Å². The van der Waals surface area contributed by atoms with Gasteiger partial charge in [-0.25, -0.2) is 9.97 Å². The summed E-state index contributed by atoms with van der Waals surface area (Å²) >= 11 is 0. The third-order valence-corrected chi connectivity index (χ3v) is 4.68. The van der Waals surface area contributed by atoms with Crippen molar-refractivity contribution in [1.29, 1.82) is 0 Å². The molecule has 1 N–H and O–H groups in total. The van der Waals surface area contributed by atoms with Gasteiger partial charge in [0, 0.05) is 62.4 Å². The first-order chi connectivity index (χ1) is 13.8. The molecule has 142 valence electrons. The van der Waals surface area contributed by atoms with Gasteiger partial charge in [0.2, 0.25) is 5.91 Å². The fourth-order valence-electron chi connectivity index (χ4n) is 3.35. The smallest absolute Gasteiger partial charge is 0.220 e. The SMILES string of the molecule is O=C1CC[C@@H](CN(Cc2cnc(-c3ccccn3)nc2)Cc2ccccn2)N1. The monoisotopic (exact) mass is 374 g/mol. The lowest BCUT2D eigenvalue weighted by Crippen LogP contribution is -2.38. The second-order valence-corrected chi connectivity index (χ2v) is 6.92. The number of hydrogen-bond donors (Lipinski definition) is 1. The minimum atomic E-state index is 0.130. The van der Waals surface area contributed by atoms with E-state index in [1.54, 1.807) is 12.4 Å². The normalized spacial score (nSPS) is 16.3. The summed E-state index contributed by atoms with van der Waals surface area (Å²) in [7, 11) is 0. The van der Waals surface area contributed by atoms with E-state index >= 15 is 0 Å². The first kappa shape index (κ1) is 18.2. The lowest BCUT2D eigenvalue weighted by atomic mass is 10.2. The van der Waals surface area contributed by atoms with Crippen molar-refractivity contribution in [3.63, 3.8) is 0 Å². The molecular weight excluding hydrogens is 352 g/mol. The Kier molecular flexibility index (Phi) is 5.63. The van der Waals surface area contributed by atoms with E-state index in [1.165, 1.54) is 0 Å². The predicted molar refractivity (Wildman–Crippen MR) is 105 cm³/mol. The van der Waals surface area contributed by atoms with Crippen LogP contribution in [-0.2, 0) is 17.9 Å². The molecular formula is C21H22N6O. The van der Waals surface area contributed by atoms with Crippen molar-refractivity contribution < 1.29 is 4.79 Å². The number of rotatable bonds is 7. The molecule has 0 radical (unpaired) electrons. The van der Waals surface area contributed by atoms with Crippen LogP contribution in [0.2, 0.25) is 0 Å². The van der Waals surface area contributed by atoms with Gasteiger partial charge in [-0.05, 0) is 30.7 Å². The molecule has 0 unspecified atom stereocenters. The van der Waals surface area contributed by atoms with E-state index in [0.29, 0.717) is 25.3 Å². The Labute approximate surface area is 163 Å². The van der Waals surface area contributed by atoms with Crippen molar-refractivity contribution in [3.8, 4) is 11.5 Å². The van der Waals surface area contributed by atoms with Crippen LogP contribution in [0.5, 0.6) is 0 Å². The maximum absolute atomic E-state index is 11.6. The van der Waals surface area contributed by atoms with Gasteiger partial charge in [-0.1, -0.05) is 12.1 Å². The standard InChI is InChI=1S/C21H22N6O/c28-20-8-7-18(26-20)15-27(14-17-5-1-3-9-22-17)13-16-11-24-21(25-12-16)19-6-2-4-10-23-19/h1-6,9-12,18H,7-8,13-15H2,(H,26,28)/t18-/m0/s1. The van der Waals surface area contributed by atoms with E-state index in [2.05, 4.69) is 30.2 Å². The number of hydrogen-bond acceptors (Lipinski definition) is 6. The molecule has 0 spiro atoms. The molecule has 28 heavy (non-hydrogen) atoms. The molecule has 1 atom stereocenters. The van der Waals surface area contributed by atoms with E-state index in [0.717, 1.165) is 29.9 Å². The van der Waals surface area contributed by atoms with Crippen LogP contribution < -0.4 is 5.32 Å². The van der Waals surface area contributed by atoms with Crippen LogP contribution in [0.4, 0.5) is 0 Å². The van der Waals surface area contributed by atoms with Gasteiger partial charge >= 0.3 is 0 Å². The first-order valence-electron chi connectivity index (χ1n) is 9.40. The molecule has 1 aliphatic rings. The topological polar surface area (TPSA) is 83.9 Å². The molecule has 0 bridgehead atoms. The Balaban J connectivity index is 1.47. The zero-order valence-electron chi connectivity index (χ0n) is 15.5. The summed E-state index contributed by atoms with van der Waals surface area (Å²) in [5.74, 6) is 0.745. The van der Waals surface area contributed by atoms with E-state index in [-0.39, 0.29) is 11.9 Å². The predicted octanol–water partition coefficient (Wildman–Crippen LogP) is 2.21. The average Bonchev–Trinajstić information content (AvgIpc) is 3.14. The van der Waals surface area contributed by atoms with Crippen molar-refractivity contribution in [2.24, 2.45) is 0 Å². The van der Waals surface area contributed by atoms with E-state index < -0.39 is 0 Å². The summed E-state index contributed by atoms with van der Waals surface area (Å²) in [6.45, 7) is 2.16. The minimum absolute atomic E-state index is 0.130. The lowest BCUT2D eigenvalue weighted by Gasteiger charge is -2.25. The zero-order valence-corrected chi connectivity index (χ0v) is 15.5. The number of carbonyl (C=O) groups is 1. The highest BCUT2D eigenvalue weighted by Gasteiger charge is 2.23. The van der Waals surface area contributed by atoms with Gasteiger partial charge in [-0.2, -0.15) is 0 Å². The molecule has 7 nitrogen and oxygen atoms in total. The molecule has 1 aliphatic heterocycles. The van der Waals surface area contributed by atoms with Crippen LogP contribution in [0.3, 0.4) is 0 Å². The second-order valence-electron chi connectivity index (χ2n) is 6.92. The van der Waals surface area contributed by atoms with Gasteiger partial charge < -0.3 is 5.32 Å². The zero-order chi connectivity index (χ0) is 19.2. The molecule has 1 fully saturated rings. The van der Waals surface area contributed by atoms with Crippen LogP contribution in [0.25, 0.3) is 11.5 Å². The number of aromatic nitrogens is 4. The average molecular weight is 374 g/mol. The van der Waals surface area contributed by atoms with Crippen molar-refractivity contribution >= 4 is 5.91 Å². The summed E-state index contributed by atoms with van der Waals surface area (Å²) in [4.78, 5) is 31.5. The first-order valence-corrected chi connectivity index (χ1v) is 9.40. The maximum atomic E-state index is 11.6.